The highest BCUT2D eigenvalue weighted by molar-refractivity contribution is 5.88. The predicted octanol–water partition coefficient (Wildman–Crippen LogP) is 0.784. The molecule has 0 heterocycles. The second-order valence-electron chi connectivity index (χ2n) is 4.50. The van der Waals surface area contributed by atoms with E-state index in [0.29, 0.717) is 0 Å². The lowest BCUT2D eigenvalue weighted by molar-refractivity contribution is -0.123. The number of nitrogens with one attached hydrogen (secondary N) is 1. The van der Waals surface area contributed by atoms with Crippen LogP contribution in [-0.2, 0) is 4.79 Å². The number of amides is 1. The SMILES string of the molecule is NC1(C(=O)NCCC2CCC2)CC1. The molecule has 2 rings (SSSR count). The number of nitrogens with two attached hydrogens (primary N) is 1. The Morgan fingerprint density at radius 1 is 1.46 bits per heavy atom. The molecule has 1 amide bonds. The molecule has 0 saturated heterocycles. The van der Waals surface area contributed by atoms with Gasteiger partial charge in [-0.05, 0) is 25.2 Å². The summed E-state index contributed by atoms with van der Waals surface area (Å²) in [5.74, 6) is 0.931. The lowest BCUT2D eigenvalue weighted by Gasteiger charge is -2.25. The van der Waals surface area contributed by atoms with Crippen molar-refractivity contribution in [3.8, 4) is 0 Å². The zero-order valence-corrected chi connectivity index (χ0v) is 8.01. The van der Waals surface area contributed by atoms with Crippen molar-refractivity contribution in [2.75, 3.05) is 6.54 Å². The smallest absolute Gasteiger partial charge is 0.240 e. The topological polar surface area (TPSA) is 55.1 Å². The van der Waals surface area contributed by atoms with E-state index in [4.69, 9.17) is 5.73 Å². The van der Waals surface area contributed by atoms with Gasteiger partial charge in [-0.15, -0.1) is 0 Å². The third-order valence-corrected chi connectivity index (χ3v) is 3.30. The van der Waals surface area contributed by atoms with Crippen LogP contribution in [0.1, 0.15) is 38.5 Å². The van der Waals surface area contributed by atoms with Crippen LogP contribution in [0.2, 0.25) is 0 Å². The highest BCUT2D eigenvalue weighted by Gasteiger charge is 2.45. The first-order chi connectivity index (χ1) is 6.21. The maximum atomic E-state index is 11.4. The molecule has 13 heavy (non-hydrogen) atoms. The fourth-order valence-corrected chi connectivity index (χ4v) is 1.71. The van der Waals surface area contributed by atoms with Crippen LogP contribution in [0, 0.1) is 5.92 Å². The van der Waals surface area contributed by atoms with Crippen molar-refractivity contribution in [3.63, 3.8) is 0 Å². The van der Waals surface area contributed by atoms with E-state index < -0.39 is 5.54 Å². The zero-order chi connectivity index (χ0) is 9.31. The Bertz CT molecular complexity index is 207. The van der Waals surface area contributed by atoms with E-state index in [0.717, 1.165) is 31.7 Å². The molecule has 3 nitrogen and oxygen atoms in total. The van der Waals surface area contributed by atoms with Gasteiger partial charge in [0.25, 0.3) is 0 Å². The van der Waals surface area contributed by atoms with Crippen LogP contribution in [-0.4, -0.2) is 18.0 Å². The Balaban J connectivity index is 1.59. The lowest BCUT2D eigenvalue weighted by Crippen LogP contribution is -2.43. The number of carbonyl (C=O) groups is 1. The molecule has 0 unspecified atom stereocenters. The van der Waals surface area contributed by atoms with Crippen molar-refractivity contribution in [3.05, 3.63) is 0 Å². The fourth-order valence-electron chi connectivity index (χ4n) is 1.71. The normalized spacial score (nSPS) is 25.0. The number of hydrogen-bond acceptors (Lipinski definition) is 2. The molecular formula is C10H18N2O. The fraction of sp³-hybridized carbons (Fsp3) is 0.900. The van der Waals surface area contributed by atoms with Gasteiger partial charge in [-0.25, -0.2) is 0 Å². The molecule has 0 aromatic rings. The molecule has 2 fully saturated rings. The molecule has 2 aliphatic rings. The van der Waals surface area contributed by atoms with Crippen molar-refractivity contribution in [1.82, 2.24) is 5.32 Å². The van der Waals surface area contributed by atoms with E-state index in [1.165, 1.54) is 19.3 Å². The molecule has 0 spiro atoms. The number of hydrogen-bond donors (Lipinski definition) is 2. The zero-order valence-electron chi connectivity index (χ0n) is 8.01. The van der Waals surface area contributed by atoms with Crippen molar-refractivity contribution >= 4 is 5.91 Å². The molecule has 2 saturated carbocycles. The van der Waals surface area contributed by atoms with Gasteiger partial charge in [0.1, 0.15) is 0 Å². The second-order valence-corrected chi connectivity index (χ2v) is 4.50. The lowest BCUT2D eigenvalue weighted by atomic mass is 9.83. The third kappa shape index (κ3) is 2.02. The van der Waals surface area contributed by atoms with E-state index >= 15 is 0 Å². The minimum Gasteiger partial charge on any atom is -0.354 e. The van der Waals surface area contributed by atoms with Crippen LogP contribution in [0.25, 0.3) is 0 Å². The van der Waals surface area contributed by atoms with Crippen LogP contribution >= 0.6 is 0 Å². The Labute approximate surface area is 79.1 Å². The van der Waals surface area contributed by atoms with Gasteiger partial charge >= 0.3 is 0 Å². The molecule has 3 heteroatoms. The van der Waals surface area contributed by atoms with Gasteiger partial charge < -0.3 is 11.1 Å². The van der Waals surface area contributed by atoms with Gasteiger partial charge in [0, 0.05) is 6.54 Å². The van der Waals surface area contributed by atoms with Gasteiger partial charge in [-0.2, -0.15) is 0 Å². The van der Waals surface area contributed by atoms with Crippen LogP contribution < -0.4 is 11.1 Å². The van der Waals surface area contributed by atoms with Crippen LogP contribution in [0.4, 0.5) is 0 Å². The van der Waals surface area contributed by atoms with Gasteiger partial charge in [0.15, 0.2) is 0 Å². The van der Waals surface area contributed by atoms with Gasteiger partial charge in [0.05, 0.1) is 5.54 Å². The maximum Gasteiger partial charge on any atom is 0.240 e. The predicted molar refractivity (Wildman–Crippen MR) is 51.1 cm³/mol. The van der Waals surface area contributed by atoms with Gasteiger partial charge in [0.2, 0.25) is 5.91 Å². The maximum absolute atomic E-state index is 11.4. The van der Waals surface area contributed by atoms with Gasteiger partial charge in [-0.1, -0.05) is 19.3 Å². The minimum absolute atomic E-state index is 0.0619. The number of rotatable bonds is 4. The summed E-state index contributed by atoms with van der Waals surface area (Å²) in [6.07, 6.45) is 6.94. The minimum atomic E-state index is -0.486. The Kier molecular flexibility index (Phi) is 2.28. The summed E-state index contributed by atoms with van der Waals surface area (Å²) in [4.78, 5) is 11.4. The Hall–Kier alpha value is -0.570. The molecule has 0 radical (unpaired) electrons. The van der Waals surface area contributed by atoms with Crippen LogP contribution in [0.15, 0.2) is 0 Å². The molecule has 0 aromatic heterocycles. The third-order valence-electron chi connectivity index (χ3n) is 3.30. The molecule has 0 bridgehead atoms. The standard InChI is InChI=1S/C10H18N2O/c11-10(5-6-10)9(13)12-7-4-8-2-1-3-8/h8H,1-7,11H2,(H,12,13). The Morgan fingerprint density at radius 3 is 2.62 bits per heavy atom. The molecule has 3 N–H and O–H groups in total. The summed E-state index contributed by atoms with van der Waals surface area (Å²) in [6, 6.07) is 0. The largest absolute Gasteiger partial charge is 0.354 e. The van der Waals surface area contributed by atoms with E-state index in [1.807, 2.05) is 0 Å². The van der Waals surface area contributed by atoms with Crippen molar-refractivity contribution in [2.24, 2.45) is 11.7 Å². The molecular weight excluding hydrogens is 164 g/mol. The first-order valence-electron chi connectivity index (χ1n) is 5.28. The van der Waals surface area contributed by atoms with E-state index in [2.05, 4.69) is 5.32 Å². The molecule has 0 atom stereocenters. The van der Waals surface area contributed by atoms with E-state index in [9.17, 15) is 4.79 Å². The van der Waals surface area contributed by atoms with Crippen LogP contribution in [0.3, 0.4) is 0 Å². The summed E-state index contributed by atoms with van der Waals surface area (Å²) in [6.45, 7) is 0.822. The second kappa shape index (κ2) is 3.29. The van der Waals surface area contributed by atoms with E-state index in [-0.39, 0.29) is 5.91 Å². The quantitative estimate of drug-likeness (QED) is 0.675. The van der Waals surface area contributed by atoms with Crippen molar-refractivity contribution in [1.29, 1.82) is 0 Å². The van der Waals surface area contributed by atoms with E-state index in [1.54, 1.807) is 0 Å². The average Bonchev–Trinajstić information content (AvgIpc) is 2.75. The molecule has 2 aliphatic carbocycles. The van der Waals surface area contributed by atoms with Crippen LogP contribution in [0.5, 0.6) is 0 Å². The monoisotopic (exact) mass is 182 g/mol. The molecule has 74 valence electrons. The molecule has 0 aromatic carbocycles. The Morgan fingerprint density at radius 2 is 2.15 bits per heavy atom. The summed E-state index contributed by atoms with van der Waals surface area (Å²) in [5.41, 5.74) is 5.25. The summed E-state index contributed by atoms with van der Waals surface area (Å²) in [7, 11) is 0. The summed E-state index contributed by atoms with van der Waals surface area (Å²) < 4.78 is 0. The molecule has 0 aliphatic heterocycles. The first kappa shape index (κ1) is 9.00. The first-order valence-corrected chi connectivity index (χ1v) is 5.28. The highest BCUT2D eigenvalue weighted by atomic mass is 16.2. The van der Waals surface area contributed by atoms with Gasteiger partial charge in [-0.3, -0.25) is 4.79 Å². The average molecular weight is 182 g/mol. The summed E-state index contributed by atoms with van der Waals surface area (Å²) in [5, 5.41) is 2.92. The highest BCUT2D eigenvalue weighted by Crippen LogP contribution is 2.32. The number of carbonyl (C=O) groups excluding carboxylic acids is 1. The van der Waals surface area contributed by atoms with Crippen molar-refractivity contribution < 1.29 is 4.79 Å². The van der Waals surface area contributed by atoms with Crippen molar-refractivity contribution in [2.45, 2.75) is 44.1 Å². The summed E-state index contributed by atoms with van der Waals surface area (Å²) >= 11 is 0.